The number of carbonyl (C=O) groups excluding carboxylic acids is 3. The third kappa shape index (κ3) is 4.73. The fourth-order valence-corrected chi connectivity index (χ4v) is 1.67. The second-order valence-electron chi connectivity index (χ2n) is 4.54. The fraction of sp³-hybridized carbons (Fsp3) is 0.615. The summed E-state index contributed by atoms with van der Waals surface area (Å²) < 4.78 is 9.92. The van der Waals surface area contributed by atoms with E-state index < -0.39 is 17.5 Å². The lowest BCUT2D eigenvalue weighted by atomic mass is 10.1. The molecule has 1 atom stereocenters. The van der Waals surface area contributed by atoms with Crippen molar-refractivity contribution in [1.29, 1.82) is 0 Å². The fourth-order valence-electron chi connectivity index (χ4n) is 1.67. The molecule has 19 heavy (non-hydrogen) atoms. The SMILES string of the molecule is C=CC(=O)NCCCCC(=O)OC1(C)CCOC1=O. The molecule has 1 aliphatic rings. The summed E-state index contributed by atoms with van der Waals surface area (Å²) in [5.41, 5.74) is -1.13. The van der Waals surface area contributed by atoms with Crippen LogP contribution in [0.5, 0.6) is 0 Å². The highest BCUT2D eigenvalue weighted by atomic mass is 16.6. The van der Waals surface area contributed by atoms with Crippen LogP contribution < -0.4 is 5.32 Å². The lowest BCUT2D eigenvalue weighted by Gasteiger charge is -2.19. The summed E-state index contributed by atoms with van der Waals surface area (Å²) >= 11 is 0. The van der Waals surface area contributed by atoms with Gasteiger partial charge in [-0.3, -0.25) is 9.59 Å². The van der Waals surface area contributed by atoms with Crippen LogP contribution in [-0.4, -0.2) is 36.6 Å². The van der Waals surface area contributed by atoms with Crippen LogP contribution in [0.15, 0.2) is 12.7 Å². The van der Waals surface area contributed by atoms with Gasteiger partial charge in [-0.25, -0.2) is 4.79 Å². The molecule has 1 unspecified atom stereocenters. The Bertz CT molecular complexity index is 379. The van der Waals surface area contributed by atoms with E-state index in [9.17, 15) is 14.4 Å². The summed E-state index contributed by atoms with van der Waals surface area (Å²) in [6.07, 6.45) is 3.05. The Morgan fingerprint density at radius 1 is 1.53 bits per heavy atom. The van der Waals surface area contributed by atoms with E-state index in [4.69, 9.17) is 9.47 Å². The smallest absolute Gasteiger partial charge is 0.350 e. The highest BCUT2D eigenvalue weighted by Gasteiger charge is 2.43. The van der Waals surface area contributed by atoms with Gasteiger partial charge in [0.25, 0.3) is 0 Å². The minimum Gasteiger partial charge on any atom is -0.463 e. The van der Waals surface area contributed by atoms with E-state index in [1.807, 2.05) is 0 Å². The largest absolute Gasteiger partial charge is 0.463 e. The minimum absolute atomic E-state index is 0.215. The molecule has 0 aromatic rings. The molecule has 0 saturated carbocycles. The number of unbranched alkanes of at least 4 members (excludes halogenated alkanes) is 1. The monoisotopic (exact) mass is 269 g/mol. The molecule has 1 N–H and O–H groups in total. The first-order valence-electron chi connectivity index (χ1n) is 6.27. The van der Waals surface area contributed by atoms with Crippen LogP contribution in [0.25, 0.3) is 0 Å². The third-order valence-corrected chi connectivity index (χ3v) is 2.88. The first kappa shape index (κ1) is 15.2. The van der Waals surface area contributed by atoms with E-state index in [1.165, 1.54) is 6.08 Å². The van der Waals surface area contributed by atoms with Crippen LogP contribution in [0.4, 0.5) is 0 Å². The maximum Gasteiger partial charge on any atom is 0.350 e. The topological polar surface area (TPSA) is 81.7 Å². The summed E-state index contributed by atoms with van der Waals surface area (Å²) in [5, 5.41) is 2.61. The van der Waals surface area contributed by atoms with Crippen molar-refractivity contribution in [3.63, 3.8) is 0 Å². The van der Waals surface area contributed by atoms with Gasteiger partial charge in [0.2, 0.25) is 11.5 Å². The van der Waals surface area contributed by atoms with Gasteiger partial charge in [-0.05, 0) is 25.8 Å². The van der Waals surface area contributed by atoms with Crippen LogP contribution in [0, 0.1) is 0 Å². The summed E-state index contributed by atoms with van der Waals surface area (Å²) in [6.45, 7) is 5.66. The van der Waals surface area contributed by atoms with Crippen molar-refractivity contribution in [2.24, 2.45) is 0 Å². The van der Waals surface area contributed by atoms with E-state index in [2.05, 4.69) is 11.9 Å². The Morgan fingerprint density at radius 2 is 2.26 bits per heavy atom. The molecule has 1 fully saturated rings. The second-order valence-corrected chi connectivity index (χ2v) is 4.54. The Hall–Kier alpha value is -1.85. The number of hydrogen-bond acceptors (Lipinski definition) is 5. The molecule has 0 aromatic heterocycles. The van der Waals surface area contributed by atoms with E-state index in [1.54, 1.807) is 6.92 Å². The molecule has 1 saturated heterocycles. The zero-order valence-corrected chi connectivity index (χ0v) is 11.1. The molecular weight excluding hydrogens is 250 g/mol. The minimum atomic E-state index is -1.13. The molecule has 0 radical (unpaired) electrons. The van der Waals surface area contributed by atoms with Gasteiger partial charge in [0.1, 0.15) is 0 Å². The van der Waals surface area contributed by atoms with Gasteiger partial charge in [0.15, 0.2) is 0 Å². The summed E-state index contributed by atoms with van der Waals surface area (Å²) in [6, 6.07) is 0. The lowest BCUT2D eigenvalue weighted by molar-refractivity contribution is -0.170. The predicted molar refractivity (Wildman–Crippen MR) is 67.1 cm³/mol. The number of carbonyl (C=O) groups is 3. The van der Waals surface area contributed by atoms with Gasteiger partial charge < -0.3 is 14.8 Å². The van der Waals surface area contributed by atoms with Gasteiger partial charge in [-0.15, -0.1) is 0 Å². The third-order valence-electron chi connectivity index (χ3n) is 2.88. The molecule has 6 heteroatoms. The van der Waals surface area contributed by atoms with Gasteiger partial charge in [-0.2, -0.15) is 0 Å². The normalized spacial score (nSPS) is 21.6. The van der Waals surface area contributed by atoms with Gasteiger partial charge in [-0.1, -0.05) is 6.58 Å². The number of esters is 2. The van der Waals surface area contributed by atoms with Crippen molar-refractivity contribution >= 4 is 17.8 Å². The number of nitrogens with one attached hydrogen (secondary N) is 1. The molecule has 1 rings (SSSR count). The van der Waals surface area contributed by atoms with E-state index in [-0.39, 0.29) is 18.9 Å². The highest BCUT2D eigenvalue weighted by molar-refractivity contribution is 5.86. The number of cyclic esters (lactones) is 1. The molecule has 1 heterocycles. The van der Waals surface area contributed by atoms with Gasteiger partial charge >= 0.3 is 11.9 Å². The molecule has 0 aliphatic carbocycles. The lowest BCUT2D eigenvalue weighted by Crippen LogP contribution is -2.36. The van der Waals surface area contributed by atoms with Crippen LogP contribution in [0.3, 0.4) is 0 Å². The zero-order chi connectivity index (χ0) is 14.3. The Balaban J connectivity index is 2.16. The Morgan fingerprint density at radius 3 is 2.84 bits per heavy atom. The Kier molecular flexibility index (Phi) is 5.54. The van der Waals surface area contributed by atoms with E-state index in [0.29, 0.717) is 25.8 Å². The van der Waals surface area contributed by atoms with Crippen molar-refractivity contribution in [3.05, 3.63) is 12.7 Å². The van der Waals surface area contributed by atoms with Crippen LogP contribution in [0.1, 0.15) is 32.6 Å². The maximum atomic E-state index is 11.6. The van der Waals surface area contributed by atoms with E-state index >= 15 is 0 Å². The summed E-state index contributed by atoms with van der Waals surface area (Å²) in [5.74, 6) is -1.14. The number of rotatable bonds is 7. The first-order chi connectivity index (χ1) is 8.98. The zero-order valence-electron chi connectivity index (χ0n) is 11.1. The van der Waals surface area contributed by atoms with Crippen molar-refractivity contribution in [3.8, 4) is 0 Å². The van der Waals surface area contributed by atoms with E-state index in [0.717, 1.165) is 0 Å². The van der Waals surface area contributed by atoms with Crippen molar-refractivity contribution < 1.29 is 23.9 Å². The number of ether oxygens (including phenoxy) is 2. The predicted octanol–water partition coefficient (Wildman–Crippen LogP) is 0.708. The number of amides is 1. The highest BCUT2D eigenvalue weighted by Crippen LogP contribution is 2.24. The maximum absolute atomic E-state index is 11.6. The molecule has 106 valence electrons. The molecular formula is C13H19NO5. The van der Waals surface area contributed by atoms with Crippen LogP contribution >= 0.6 is 0 Å². The number of hydrogen-bond donors (Lipinski definition) is 1. The molecule has 6 nitrogen and oxygen atoms in total. The molecule has 1 amide bonds. The van der Waals surface area contributed by atoms with Gasteiger partial charge in [0, 0.05) is 19.4 Å². The van der Waals surface area contributed by atoms with Crippen LogP contribution in [-0.2, 0) is 23.9 Å². The standard InChI is InChI=1S/C13H19NO5/c1-3-10(15)14-8-5-4-6-11(16)19-13(2)7-9-18-12(13)17/h3H,1,4-9H2,2H3,(H,14,15). The first-order valence-corrected chi connectivity index (χ1v) is 6.27. The molecule has 1 aliphatic heterocycles. The molecule has 0 spiro atoms. The van der Waals surface area contributed by atoms with Crippen molar-refractivity contribution in [1.82, 2.24) is 5.32 Å². The summed E-state index contributed by atoms with van der Waals surface area (Å²) in [4.78, 5) is 33.8. The van der Waals surface area contributed by atoms with Crippen molar-refractivity contribution in [2.45, 2.75) is 38.2 Å². The Labute approximate surface area is 112 Å². The molecule has 0 aromatic carbocycles. The average Bonchev–Trinajstić information content (AvgIpc) is 2.68. The van der Waals surface area contributed by atoms with Crippen LogP contribution in [0.2, 0.25) is 0 Å². The molecule has 0 bridgehead atoms. The average molecular weight is 269 g/mol. The van der Waals surface area contributed by atoms with Crippen molar-refractivity contribution in [2.75, 3.05) is 13.2 Å². The quantitative estimate of drug-likeness (QED) is 0.418. The second kappa shape index (κ2) is 6.92. The summed E-state index contributed by atoms with van der Waals surface area (Å²) in [7, 11) is 0. The van der Waals surface area contributed by atoms with Gasteiger partial charge in [0.05, 0.1) is 6.61 Å².